The quantitative estimate of drug-likeness (QED) is 0.887. The summed E-state index contributed by atoms with van der Waals surface area (Å²) in [6.07, 6.45) is 6.18. The number of nitrogens with one attached hydrogen (secondary N) is 1. The third-order valence-corrected chi connectivity index (χ3v) is 5.65. The Bertz CT molecular complexity index is 538. The van der Waals surface area contributed by atoms with Gasteiger partial charge >= 0.3 is 0 Å². The Morgan fingerprint density at radius 3 is 1.95 bits per heavy atom. The SMILES string of the molecule is O=C(NC1C2CC3CC(C2)CC1C3)c1cc(F)cc(F)c1. The summed E-state index contributed by atoms with van der Waals surface area (Å²) in [5.41, 5.74) is 0.0845. The Morgan fingerprint density at radius 2 is 1.43 bits per heavy atom. The molecule has 0 aromatic heterocycles. The maximum Gasteiger partial charge on any atom is 0.251 e. The van der Waals surface area contributed by atoms with E-state index < -0.39 is 11.6 Å². The number of benzene rings is 1. The second kappa shape index (κ2) is 4.79. The van der Waals surface area contributed by atoms with Crippen LogP contribution < -0.4 is 5.32 Å². The van der Waals surface area contributed by atoms with E-state index in [0.29, 0.717) is 11.8 Å². The van der Waals surface area contributed by atoms with E-state index in [0.717, 1.165) is 30.0 Å². The lowest BCUT2D eigenvalue weighted by molar-refractivity contribution is -0.0119. The standard InChI is InChI=1S/C17H19F2NO/c18-14-6-13(7-15(19)8-14)17(21)20-16-11-2-9-1-10(4-11)5-12(16)3-9/h6-12,16H,1-5H2,(H,20,21). The van der Waals surface area contributed by atoms with Gasteiger partial charge in [-0.3, -0.25) is 4.79 Å². The van der Waals surface area contributed by atoms with Gasteiger partial charge in [-0.2, -0.15) is 0 Å². The molecule has 21 heavy (non-hydrogen) atoms. The fourth-order valence-corrected chi connectivity index (χ4v) is 5.08. The van der Waals surface area contributed by atoms with Crippen molar-refractivity contribution in [2.24, 2.45) is 23.7 Å². The van der Waals surface area contributed by atoms with Crippen molar-refractivity contribution in [3.05, 3.63) is 35.4 Å². The molecule has 0 unspecified atom stereocenters. The number of carbonyl (C=O) groups is 1. The monoisotopic (exact) mass is 291 g/mol. The van der Waals surface area contributed by atoms with Crippen molar-refractivity contribution in [2.75, 3.05) is 0 Å². The fraction of sp³-hybridized carbons (Fsp3) is 0.588. The lowest BCUT2D eigenvalue weighted by Gasteiger charge is -2.54. The van der Waals surface area contributed by atoms with Crippen molar-refractivity contribution < 1.29 is 13.6 Å². The smallest absolute Gasteiger partial charge is 0.251 e. The molecule has 4 aliphatic carbocycles. The second-order valence-electron chi connectivity index (χ2n) is 7.09. The zero-order valence-corrected chi connectivity index (χ0v) is 11.8. The van der Waals surface area contributed by atoms with Crippen LogP contribution in [0.15, 0.2) is 18.2 Å². The molecule has 1 N–H and O–H groups in total. The zero-order chi connectivity index (χ0) is 14.6. The molecule has 0 atom stereocenters. The van der Waals surface area contributed by atoms with Crippen molar-refractivity contribution in [3.63, 3.8) is 0 Å². The second-order valence-corrected chi connectivity index (χ2v) is 7.09. The molecule has 4 fully saturated rings. The van der Waals surface area contributed by atoms with E-state index in [1.165, 1.54) is 32.1 Å². The molecule has 0 spiro atoms. The van der Waals surface area contributed by atoms with Gasteiger partial charge in [-0.25, -0.2) is 8.78 Å². The fourth-order valence-electron chi connectivity index (χ4n) is 5.08. The van der Waals surface area contributed by atoms with Crippen LogP contribution in [0, 0.1) is 35.3 Å². The van der Waals surface area contributed by atoms with Crippen molar-refractivity contribution in [2.45, 2.75) is 38.1 Å². The molecule has 4 heteroatoms. The Morgan fingerprint density at radius 1 is 0.905 bits per heavy atom. The Labute approximate surface area is 122 Å². The van der Waals surface area contributed by atoms with Crippen molar-refractivity contribution >= 4 is 5.91 Å². The van der Waals surface area contributed by atoms with Gasteiger partial charge in [-0.15, -0.1) is 0 Å². The number of hydrogen-bond acceptors (Lipinski definition) is 1. The first-order valence-electron chi connectivity index (χ1n) is 7.85. The largest absolute Gasteiger partial charge is 0.349 e. The minimum Gasteiger partial charge on any atom is -0.349 e. The average Bonchev–Trinajstić information content (AvgIpc) is 2.40. The molecule has 1 amide bonds. The summed E-state index contributed by atoms with van der Waals surface area (Å²) in [7, 11) is 0. The number of carbonyl (C=O) groups excluding carboxylic acids is 1. The van der Waals surface area contributed by atoms with Crippen LogP contribution in [-0.2, 0) is 0 Å². The molecule has 1 aromatic carbocycles. The highest BCUT2D eigenvalue weighted by Gasteiger charge is 2.48. The van der Waals surface area contributed by atoms with Crippen LogP contribution in [0.4, 0.5) is 8.78 Å². The molecule has 0 aliphatic heterocycles. The molecule has 2 nitrogen and oxygen atoms in total. The third-order valence-electron chi connectivity index (χ3n) is 5.65. The molecule has 5 rings (SSSR count). The van der Waals surface area contributed by atoms with Crippen LogP contribution in [0.2, 0.25) is 0 Å². The highest BCUT2D eigenvalue weighted by molar-refractivity contribution is 5.94. The van der Waals surface area contributed by atoms with E-state index in [9.17, 15) is 13.6 Å². The van der Waals surface area contributed by atoms with Gasteiger partial charge in [0.25, 0.3) is 5.91 Å². The predicted molar refractivity (Wildman–Crippen MR) is 74.7 cm³/mol. The molecular formula is C17H19F2NO. The van der Waals surface area contributed by atoms with E-state index in [2.05, 4.69) is 5.32 Å². The lowest BCUT2D eigenvalue weighted by Crippen LogP contribution is -2.55. The minimum atomic E-state index is -0.703. The molecule has 0 heterocycles. The Kier molecular flexibility index (Phi) is 3.02. The number of rotatable bonds is 2. The van der Waals surface area contributed by atoms with Crippen LogP contribution in [0.5, 0.6) is 0 Å². The summed E-state index contributed by atoms with van der Waals surface area (Å²) in [5, 5.41) is 3.06. The maximum absolute atomic E-state index is 13.2. The number of halogens is 2. The number of hydrogen-bond donors (Lipinski definition) is 1. The summed E-state index contributed by atoms with van der Waals surface area (Å²) in [6, 6.07) is 3.19. The van der Waals surface area contributed by atoms with E-state index in [4.69, 9.17) is 0 Å². The molecule has 0 saturated heterocycles. The molecule has 1 aromatic rings. The summed E-state index contributed by atoms with van der Waals surface area (Å²) in [4.78, 5) is 12.3. The topological polar surface area (TPSA) is 29.1 Å². The van der Waals surface area contributed by atoms with Gasteiger partial charge in [0.05, 0.1) is 0 Å². The van der Waals surface area contributed by atoms with Crippen molar-refractivity contribution in [3.8, 4) is 0 Å². The van der Waals surface area contributed by atoms with Gasteiger partial charge in [0, 0.05) is 17.7 Å². The third kappa shape index (κ3) is 2.34. The van der Waals surface area contributed by atoms with E-state index >= 15 is 0 Å². The van der Waals surface area contributed by atoms with E-state index in [-0.39, 0.29) is 17.5 Å². The minimum absolute atomic E-state index is 0.0845. The zero-order valence-electron chi connectivity index (χ0n) is 11.8. The van der Waals surface area contributed by atoms with E-state index in [1.54, 1.807) is 0 Å². The number of amides is 1. The summed E-state index contributed by atoms with van der Waals surface area (Å²) < 4.78 is 26.5. The Hall–Kier alpha value is -1.45. The van der Waals surface area contributed by atoms with Crippen LogP contribution in [0.3, 0.4) is 0 Å². The van der Waals surface area contributed by atoms with Crippen molar-refractivity contribution in [1.29, 1.82) is 0 Å². The van der Waals surface area contributed by atoms with Crippen LogP contribution in [0.1, 0.15) is 42.5 Å². The molecular weight excluding hydrogens is 272 g/mol. The first kappa shape index (κ1) is 13.2. The molecule has 4 saturated carbocycles. The van der Waals surface area contributed by atoms with Gasteiger partial charge < -0.3 is 5.32 Å². The van der Waals surface area contributed by atoms with Crippen LogP contribution >= 0.6 is 0 Å². The predicted octanol–water partition coefficient (Wildman–Crippen LogP) is 3.52. The van der Waals surface area contributed by atoms with E-state index in [1.807, 2.05) is 0 Å². The first-order valence-corrected chi connectivity index (χ1v) is 7.85. The average molecular weight is 291 g/mol. The van der Waals surface area contributed by atoms with Gasteiger partial charge in [-0.1, -0.05) is 0 Å². The molecule has 0 radical (unpaired) electrons. The molecule has 4 bridgehead atoms. The Balaban J connectivity index is 1.52. The highest BCUT2D eigenvalue weighted by atomic mass is 19.1. The van der Waals surface area contributed by atoms with Gasteiger partial charge in [-0.05, 0) is 67.9 Å². The normalized spacial score (nSPS) is 36.8. The lowest BCUT2D eigenvalue weighted by atomic mass is 9.54. The summed E-state index contributed by atoms with van der Waals surface area (Å²) >= 11 is 0. The van der Waals surface area contributed by atoms with Crippen LogP contribution in [-0.4, -0.2) is 11.9 Å². The van der Waals surface area contributed by atoms with Gasteiger partial charge in [0.1, 0.15) is 11.6 Å². The molecule has 112 valence electrons. The molecule has 4 aliphatic rings. The summed E-state index contributed by atoms with van der Waals surface area (Å²) in [6.45, 7) is 0. The van der Waals surface area contributed by atoms with Crippen molar-refractivity contribution in [1.82, 2.24) is 5.32 Å². The van der Waals surface area contributed by atoms with Gasteiger partial charge in [0.15, 0.2) is 0 Å². The first-order chi connectivity index (χ1) is 10.1. The highest BCUT2D eigenvalue weighted by Crippen LogP contribution is 2.53. The summed E-state index contributed by atoms with van der Waals surface area (Å²) in [5.74, 6) is 1.05. The van der Waals surface area contributed by atoms with Gasteiger partial charge in [0.2, 0.25) is 0 Å². The van der Waals surface area contributed by atoms with Crippen LogP contribution in [0.25, 0.3) is 0 Å². The maximum atomic E-state index is 13.2.